The summed E-state index contributed by atoms with van der Waals surface area (Å²) in [5.41, 5.74) is 7.20. The molecule has 0 bridgehead atoms. The molecule has 0 fully saturated rings. The molecule has 0 radical (unpaired) electrons. The molecule has 3 amide bonds. The molecule has 0 aromatic heterocycles. The normalized spacial score (nSPS) is 10.8. The molecule has 0 aliphatic heterocycles. The number of ether oxygens (including phenoxy) is 1. The lowest BCUT2D eigenvalue weighted by Gasteiger charge is -2.20. The highest BCUT2D eigenvalue weighted by Crippen LogP contribution is 2.31. The number of halogens is 1. The van der Waals surface area contributed by atoms with Gasteiger partial charge >= 0.3 is 0 Å². The predicted octanol–water partition coefficient (Wildman–Crippen LogP) is 4.84. The molecule has 0 spiro atoms. The van der Waals surface area contributed by atoms with E-state index in [1.165, 1.54) is 0 Å². The Morgan fingerprint density at radius 1 is 0.824 bits per heavy atom. The minimum Gasteiger partial charge on any atom is -0.483 e. The fourth-order valence-electron chi connectivity index (χ4n) is 2.96. The summed E-state index contributed by atoms with van der Waals surface area (Å²) >= 11 is 3.46. The second-order valence-electron chi connectivity index (χ2n) is 8.58. The Kier molecular flexibility index (Phi) is 8.07. The van der Waals surface area contributed by atoms with Crippen LogP contribution in [0.25, 0.3) is 0 Å². The maximum absolute atomic E-state index is 12.3. The summed E-state index contributed by atoms with van der Waals surface area (Å²) < 4.78 is 6.29. The van der Waals surface area contributed by atoms with Crippen LogP contribution in [0.15, 0.2) is 77.3 Å². The highest BCUT2D eigenvalue weighted by Gasteiger charge is 2.16. The first-order chi connectivity index (χ1) is 16.1. The Morgan fingerprint density at radius 2 is 1.47 bits per heavy atom. The number of amides is 3. The van der Waals surface area contributed by atoms with Gasteiger partial charge in [0, 0.05) is 16.8 Å². The van der Waals surface area contributed by atoms with Gasteiger partial charge in [-0.1, -0.05) is 45.0 Å². The molecular weight excluding hydrogens is 498 g/mol. The third-order valence-corrected chi connectivity index (χ3v) is 5.53. The number of hydrogen-bond acceptors (Lipinski definition) is 4. The number of hydrogen-bond donors (Lipinski definition) is 3. The summed E-state index contributed by atoms with van der Waals surface area (Å²) in [7, 11) is 0. The first-order valence-electron chi connectivity index (χ1n) is 10.6. The summed E-state index contributed by atoms with van der Waals surface area (Å²) in [4.78, 5) is 36.6. The van der Waals surface area contributed by atoms with Crippen LogP contribution in [0.5, 0.6) is 5.75 Å². The van der Waals surface area contributed by atoms with E-state index in [1.807, 2.05) is 18.2 Å². The van der Waals surface area contributed by atoms with E-state index in [-0.39, 0.29) is 17.9 Å². The van der Waals surface area contributed by atoms with Crippen molar-refractivity contribution < 1.29 is 19.1 Å². The van der Waals surface area contributed by atoms with Crippen molar-refractivity contribution >= 4 is 39.3 Å². The summed E-state index contributed by atoms with van der Waals surface area (Å²) in [6.45, 7) is 6.07. The Hall–Kier alpha value is -3.65. The SMILES string of the molecule is CC(C)(C)c1ccc(OCC(=O)NNC(=O)c2ccc(NC(=O)c3ccccc3)cc2)c(Br)c1. The van der Waals surface area contributed by atoms with Crippen LogP contribution in [0.1, 0.15) is 47.1 Å². The minimum absolute atomic E-state index is 0.00556. The fourth-order valence-corrected chi connectivity index (χ4v) is 3.45. The molecule has 3 N–H and O–H groups in total. The molecule has 3 aromatic rings. The zero-order chi connectivity index (χ0) is 24.7. The standard InChI is InChI=1S/C26H26BrN3O4/c1-26(2,3)19-11-14-22(21(27)15-19)34-16-23(31)29-30-25(33)18-9-12-20(13-10-18)28-24(32)17-7-5-4-6-8-17/h4-15H,16H2,1-3H3,(H,28,32)(H,29,31)(H,30,33). The van der Waals surface area contributed by atoms with E-state index < -0.39 is 11.8 Å². The van der Waals surface area contributed by atoms with Crippen molar-refractivity contribution in [3.63, 3.8) is 0 Å². The van der Waals surface area contributed by atoms with Crippen molar-refractivity contribution in [2.45, 2.75) is 26.2 Å². The van der Waals surface area contributed by atoms with Crippen molar-refractivity contribution in [2.75, 3.05) is 11.9 Å². The Morgan fingerprint density at radius 3 is 2.09 bits per heavy atom. The summed E-state index contributed by atoms with van der Waals surface area (Å²) in [5, 5.41) is 2.76. The molecule has 0 heterocycles. The second kappa shape index (κ2) is 11.0. The van der Waals surface area contributed by atoms with Crippen LogP contribution in [0.4, 0.5) is 5.69 Å². The first-order valence-corrected chi connectivity index (χ1v) is 11.4. The van der Waals surface area contributed by atoms with Crippen LogP contribution >= 0.6 is 15.9 Å². The maximum Gasteiger partial charge on any atom is 0.276 e. The van der Waals surface area contributed by atoms with Crippen LogP contribution in [0.3, 0.4) is 0 Å². The summed E-state index contributed by atoms with van der Waals surface area (Å²) in [5.74, 6) is -0.718. The predicted molar refractivity (Wildman–Crippen MR) is 135 cm³/mol. The van der Waals surface area contributed by atoms with E-state index in [0.29, 0.717) is 22.6 Å². The molecule has 34 heavy (non-hydrogen) atoms. The number of rotatable bonds is 6. The van der Waals surface area contributed by atoms with Crippen molar-refractivity contribution in [1.29, 1.82) is 0 Å². The topological polar surface area (TPSA) is 96.5 Å². The number of benzene rings is 3. The van der Waals surface area contributed by atoms with Gasteiger partial charge in [0.2, 0.25) is 0 Å². The third kappa shape index (κ3) is 6.92. The van der Waals surface area contributed by atoms with E-state index in [4.69, 9.17) is 4.74 Å². The highest BCUT2D eigenvalue weighted by atomic mass is 79.9. The van der Waals surface area contributed by atoms with Gasteiger partial charge in [0.05, 0.1) is 4.47 Å². The Bertz CT molecular complexity index is 1170. The molecule has 0 saturated carbocycles. The molecule has 0 saturated heterocycles. The van der Waals surface area contributed by atoms with Crippen LogP contribution in [0, 0.1) is 0 Å². The van der Waals surface area contributed by atoms with E-state index >= 15 is 0 Å². The highest BCUT2D eigenvalue weighted by molar-refractivity contribution is 9.10. The molecule has 0 unspecified atom stereocenters. The molecular formula is C26H26BrN3O4. The van der Waals surface area contributed by atoms with Gasteiger partial charge in [-0.25, -0.2) is 0 Å². The quantitative estimate of drug-likeness (QED) is 0.402. The molecule has 3 rings (SSSR count). The lowest BCUT2D eigenvalue weighted by Crippen LogP contribution is -2.43. The molecule has 0 aliphatic rings. The average molecular weight is 524 g/mol. The smallest absolute Gasteiger partial charge is 0.276 e. The van der Waals surface area contributed by atoms with Crippen LogP contribution in [-0.4, -0.2) is 24.3 Å². The van der Waals surface area contributed by atoms with E-state index in [1.54, 1.807) is 54.6 Å². The van der Waals surface area contributed by atoms with Gasteiger partial charge in [0.25, 0.3) is 17.7 Å². The van der Waals surface area contributed by atoms with Crippen LogP contribution < -0.4 is 20.9 Å². The second-order valence-corrected chi connectivity index (χ2v) is 9.44. The van der Waals surface area contributed by atoms with Crippen molar-refractivity contribution in [1.82, 2.24) is 10.9 Å². The van der Waals surface area contributed by atoms with Gasteiger partial charge < -0.3 is 10.1 Å². The Labute approximate surface area is 207 Å². The maximum atomic E-state index is 12.3. The molecule has 8 heteroatoms. The number of nitrogens with one attached hydrogen (secondary N) is 3. The zero-order valence-corrected chi connectivity index (χ0v) is 20.7. The molecule has 0 atom stereocenters. The van der Waals surface area contributed by atoms with Crippen molar-refractivity contribution in [2.24, 2.45) is 0 Å². The largest absolute Gasteiger partial charge is 0.483 e. The number of anilines is 1. The third-order valence-electron chi connectivity index (χ3n) is 4.91. The van der Waals surface area contributed by atoms with Crippen molar-refractivity contribution in [3.8, 4) is 5.75 Å². The monoisotopic (exact) mass is 523 g/mol. The fraction of sp³-hybridized carbons (Fsp3) is 0.192. The number of carbonyl (C=O) groups is 3. The molecule has 0 aliphatic carbocycles. The molecule has 3 aromatic carbocycles. The lowest BCUT2D eigenvalue weighted by atomic mass is 9.87. The van der Waals surface area contributed by atoms with Gasteiger partial charge in [-0.15, -0.1) is 0 Å². The van der Waals surface area contributed by atoms with Gasteiger partial charge in [-0.05, 0) is 75.4 Å². The van der Waals surface area contributed by atoms with Gasteiger partial charge in [-0.3, -0.25) is 25.2 Å². The molecule has 7 nitrogen and oxygen atoms in total. The van der Waals surface area contributed by atoms with Crippen molar-refractivity contribution in [3.05, 3.63) is 94.0 Å². The van der Waals surface area contributed by atoms with E-state index in [0.717, 1.165) is 10.0 Å². The number of hydrazine groups is 1. The zero-order valence-electron chi connectivity index (χ0n) is 19.1. The summed E-state index contributed by atoms with van der Waals surface area (Å²) in [6, 6.07) is 20.8. The average Bonchev–Trinajstić information content (AvgIpc) is 2.82. The molecule has 176 valence electrons. The first kappa shape index (κ1) is 25.0. The van der Waals surface area contributed by atoms with Gasteiger partial charge in [0.15, 0.2) is 6.61 Å². The number of carbonyl (C=O) groups excluding carboxylic acids is 3. The van der Waals surface area contributed by atoms with Gasteiger partial charge in [-0.2, -0.15) is 0 Å². The van der Waals surface area contributed by atoms with E-state index in [9.17, 15) is 14.4 Å². The van der Waals surface area contributed by atoms with E-state index in [2.05, 4.69) is 52.9 Å². The minimum atomic E-state index is -0.508. The van der Waals surface area contributed by atoms with Gasteiger partial charge in [0.1, 0.15) is 5.75 Å². The summed E-state index contributed by atoms with van der Waals surface area (Å²) in [6.07, 6.45) is 0. The van der Waals surface area contributed by atoms with Crippen LogP contribution in [0.2, 0.25) is 0 Å². The van der Waals surface area contributed by atoms with Crippen LogP contribution in [-0.2, 0) is 10.2 Å². The lowest BCUT2D eigenvalue weighted by molar-refractivity contribution is -0.123. The Balaban J connectivity index is 1.47.